The summed E-state index contributed by atoms with van der Waals surface area (Å²) in [7, 11) is 2.20. The molecule has 0 heterocycles. The summed E-state index contributed by atoms with van der Waals surface area (Å²) in [5.41, 5.74) is 1.99. The summed E-state index contributed by atoms with van der Waals surface area (Å²) in [6.07, 6.45) is 9.61. The molecule has 106 valence electrons. The Hall–Kier alpha value is -1.59. The van der Waals surface area contributed by atoms with Gasteiger partial charge in [-0.2, -0.15) is 5.26 Å². The van der Waals surface area contributed by atoms with Crippen molar-refractivity contribution in [3.63, 3.8) is 0 Å². The average Bonchev–Trinajstić information content (AvgIpc) is 2.53. The van der Waals surface area contributed by atoms with E-state index in [1.807, 2.05) is 36.4 Å². The summed E-state index contributed by atoms with van der Waals surface area (Å²) < 4.78 is 0. The Morgan fingerprint density at radius 2 is 1.95 bits per heavy atom. The van der Waals surface area contributed by atoms with Gasteiger partial charge in [-0.05, 0) is 37.9 Å². The van der Waals surface area contributed by atoms with E-state index < -0.39 is 0 Å². The van der Waals surface area contributed by atoms with Crippen LogP contribution in [0.15, 0.2) is 35.9 Å². The Bertz CT molecular complexity index is 464. The second-order valence-corrected chi connectivity index (χ2v) is 5.71. The minimum Gasteiger partial charge on any atom is -0.303 e. The van der Waals surface area contributed by atoms with Crippen molar-refractivity contribution in [2.24, 2.45) is 0 Å². The van der Waals surface area contributed by atoms with Gasteiger partial charge < -0.3 is 4.90 Å². The summed E-state index contributed by atoms with van der Waals surface area (Å²) in [4.78, 5) is 2.44. The largest absolute Gasteiger partial charge is 0.303 e. The molecule has 2 heteroatoms. The highest BCUT2D eigenvalue weighted by atomic mass is 15.1. The number of hydrogen-bond acceptors (Lipinski definition) is 2. The van der Waals surface area contributed by atoms with Crippen molar-refractivity contribution >= 4 is 6.08 Å². The number of hydrogen-bond donors (Lipinski definition) is 0. The highest BCUT2D eigenvalue weighted by Gasteiger charge is 2.17. The van der Waals surface area contributed by atoms with E-state index in [4.69, 9.17) is 0 Å². The second kappa shape index (κ2) is 7.87. The Kier molecular flexibility index (Phi) is 5.83. The van der Waals surface area contributed by atoms with E-state index in [2.05, 4.69) is 18.0 Å². The van der Waals surface area contributed by atoms with Gasteiger partial charge in [0.1, 0.15) is 0 Å². The first-order valence-electron chi connectivity index (χ1n) is 7.65. The Morgan fingerprint density at radius 3 is 2.60 bits per heavy atom. The molecule has 0 aromatic heterocycles. The standard InChI is InChI=1S/C18H24N2/c1-20(18-10-6-3-7-11-18)13-12-17(15-19)14-16-8-4-2-5-9-16/h2,4-5,8-9,14,18H,3,6-7,10-13H2,1H3/b17-14-. The van der Waals surface area contributed by atoms with Gasteiger partial charge in [-0.3, -0.25) is 0 Å². The van der Waals surface area contributed by atoms with Crippen LogP contribution in [0, 0.1) is 11.3 Å². The zero-order valence-corrected chi connectivity index (χ0v) is 12.4. The van der Waals surface area contributed by atoms with Crippen LogP contribution in [0.4, 0.5) is 0 Å². The molecule has 2 nitrogen and oxygen atoms in total. The van der Waals surface area contributed by atoms with Crippen LogP contribution < -0.4 is 0 Å². The fourth-order valence-corrected chi connectivity index (χ4v) is 2.91. The summed E-state index contributed by atoms with van der Waals surface area (Å²) >= 11 is 0. The monoisotopic (exact) mass is 268 g/mol. The Balaban J connectivity index is 1.87. The molecule has 0 unspecified atom stereocenters. The maximum atomic E-state index is 9.27. The fourth-order valence-electron chi connectivity index (χ4n) is 2.91. The minimum absolute atomic E-state index is 0.723. The molecule has 0 aliphatic heterocycles. The normalized spacial score (nSPS) is 17.1. The van der Waals surface area contributed by atoms with Crippen molar-refractivity contribution < 1.29 is 0 Å². The minimum atomic E-state index is 0.723. The first-order chi connectivity index (χ1) is 9.79. The van der Waals surface area contributed by atoms with Gasteiger partial charge in [-0.1, -0.05) is 49.6 Å². The summed E-state index contributed by atoms with van der Waals surface area (Å²) in [6.45, 7) is 0.983. The van der Waals surface area contributed by atoms with Gasteiger partial charge in [0.15, 0.2) is 0 Å². The van der Waals surface area contributed by atoms with Gasteiger partial charge in [0.25, 0.3) is 0 Å². The van der Waals surface area contributed by atoms with E-state index in [1.165, 1.54) is 32.1 Å². The first-order valence-corrected chi connectivity index (χ1v) is 7.65. The summed E-state index contributed by atoms with van der Waals surface area (Å²) in [5, 5.41) is 9.27. The Morgan fingerprint density at radius 1 is 1.25 bits per heavy atom. The number of nitrogens with zero attached hydrogens (tertiary/aromatic N) is 2. The van der Waals surface area contributed by atoms with E-state index >= 15 is 0 Å². The molecule has 0 radical (unpaired) electrons. The van der Waals surface area contributed by atoms with Gasteiger partial charge in [0.2, 0.25) is 0 Å². The van der Waals surface area contributed by atoms with Crippen LogP contribution in [0.2, 0.25) is 0 Å². The number of benzene rings is 1. The highest BCUT2D eigenvalue weighted by molar-refractivity contribution is 5.56. The molecule has 0 spiro atoms. The third kappa shape index (κ3) is 4.51. The fraction of sp³-hybridized carbons (Fsp3) is 0.500. The molecule has 20 heavy (non-hydrogen) atoms. The van der Waals surface area contributed by atoms with Gasteiger partial charge in [0, 0.05) is 18.2 Å². The Labute approximate surface area is 122 Å². The van der Waals surface area contributed by atoms with E-state index in [0.29, 0.717) is 0 Å². The van der Waals surface area contributed by atoms with Crippen LogP contribution >= 0.6 is 0 Å². The lowest BCUT2D eigenvalue weighted by Crippen LogP contribution is -2.34. The zero-order chi connectivity index (χ0) is 14.2. The van der Waals surface area contributed by atoms with Gasteiger partial charge >= 0.3 is 0 Å². The molecule has 0 N–H and O–H groups in total. The second-order valence-electron chi connectivity index (χ2n) is 5.71. The lowest BCUT2D eigenvalue weighted by molar-refractivity contribution is 0.194. The molecule has 1 saturated carbocycles. The van der Waals surface area contributed by atoms with Crippen molar-refractivity contribution in [1.29, 1.82) is 5.26 Å². The first kappa shape index (κ1) is 14.8. The molecule has 0 bridgehead atoms. The van der Waals surface area contributed by atoms with Crippen LogP contribution in [-0.2, 0) is 0 Å². The van der Waals surface area contributed by atoms with Crippen molar-refractivity contribution in [2.45, 2.75) is 44.6 Å². The van der Waals surface area contributed by atoms with E-state index in [9.17, 15) is 5.26 Å². The molecular formula is C18H24N2. The van der Waals surface area contributed by atoms with E-state index in [-0.39, 0.29) is 0 Å². The molecular weight excluding hydrogens is 244 g/mol. The van der Waals surface area contributed by atoms with Gasteiger partial charge in [-0.15, -0.1) is 0 Å². The van der Waals surface area contributed by atoms with Crippen LogP contribution in [0.1, 0.15) is 44.1 Å². The third-order valence-electron chi connectivity index (χ3n) is 4.22. The summed E-state index contributed by atoms with van der Waals surface area (Å²) in [6, 6.07) is 13.2. The SMILES string of the molecule is CN(CC/C(C#N)=C/c1ccccc1)C1CCCCC1. The van der Waals surface area contributed by atoms with Gasteiger partial charge in [-0.25, -0.2) is 0 Å². The number of nitriles is 1. The lowest BCUT2D eigenvalue weighted by Gasteiger charge is -2.31. The number of rotatable bonds is 5. The van der Waals surface area contributed by atoms with E-state index in [1.54, 1.807) is 0 Å². The molecule has 1 aromatic carbocycles. The van der Waals surface area contributed by atoms with Crippen LogP contribution in [0.5, 0.6) is 0 Å². The van der Waals surface area contributed by atoms with E-state index in [0.717, 1.165) is 30.1 Å². The van der Waals surface area contributed by atoms with Crippen molar-refractivity contribution in [3.05, 3.63) is 41.5 Å². The maximum Gasteiger partial charge on any atom is 0.0947 e. The van der Waals surface area contributed by atoms with Crippen molar-refractivity contribution in [2.75, 3.05) is 13.6 Å². The molecule has 0 saturated heterocycles. The maximum absolute atomic E-state index is 9.27. The molecule has 0 atom stereocenters. The smallest absolute Gasteiger partial charge is 0.0947 e. The molecule has 1 aliphatic rings. The van der Waals surface area contributed by atoms with Crippen LogP contribution in [0.25, 0.3) is 6.08 Å². The predicted octanol–water partition coefficient (Wildman–Crippen LogP) is 4.25. The van der Waals surface area contributed by atoms with Crippen LogP contribution in [-0.4, -0.2) is 24.5 Å². The summed E-state index contributed by atoms with van der Waals surface area (Å²) in [5.74, 6) is 0. The molecule has 1 aromatic rings. The quantitative estimate of drug-likeness (QED) is 0.746. The highest BCUT2D eigenvalue weighted by Crippen LogP contribution is 2.22. The van der Waals surface area contributed by atoms with Crippen molar-refractivity contribution in [1.82, 2.24) is 4.90 Å². The predicted molar refractivity (Wildman–Crippen MR) is 84.2 cm³/mol. The van der Waals surface area contributed by atoms with Crippen molar-refractivity contribution in [3.8, 4) is 6.07 Å². The third-order valence-corrected chi connectivity index (χ3v) is 4.22. The van der Waals surface area contributed by atoms with Gasteiger partial charge in [0.05, 0.1) is 6.07 Å². The molecule has 1 aliphatic carbocycles. The molecule has 1 fully saturated rings. The average molecular weight is 268 g/mol. The lowest BCUT2D eigenvalue weighted by atomic mass is 9.94. The molecule has 2 rings (SSSR count). The van der Waals surface area contributed by atoms with Crippen LogP contribution in [0.3, 0.4) is 0 Å². The molecule has 0 amide bonds. The topological polar surface area (TPSA) is 27.0 Å². The zero-order valence-electron chi connectivity index (χ0n) is 12.4.